The van der Waals surface area contributed by atoms with Crippen molar-refractivity contribution in [2.24, 2.45) is 5.84 Å². The van der Waals surface area contributed by atoms with Crippen molar-refractivity contribution in [2.75, 3.05) is 10.7 Å². The van der Waals surface area contributed by atoms with Crippen molar-refractivity contribution >= 4 is 28.2 Å². The number of anilines is 3. The minimum Gasteiger partial charge on any atom is -0.340 e. The number of hydrazine groups is 1. The Bertz CT molecular complexity index is 707. The van der Waals surface area contributed by atoms with Crippen LogP contribution in [-0.4, -0.2) is 15.0 Å². The van der Waals surface area contributed by atoms with Crippen LogP contribution >= 0.6 is 0 Å². The topological polar surface area (TPSA) is 88.8 Å². The lowest BCUT2D eigenvalue weighted by atomic mass is 10.1. The monoisotopic (exact) mass is 252 g/mol. The normalized spacial score (nSPS) is 10.4. The van der Waals surface area contributed by atoms with Crippen molar-refractivity contribution in [3.05, 3.63) is 48.9 Å². The Labute approximate surface area is 109 Å². The van der Waals surface area contributed by atoms with E-state index in [0.29, 0.717) is 11.8 Å². The van der Waals surface area contributed by atoms with E-state index in [0.717, 1.165) is 16.5 Å². The highest BCUT2D eigenvalue weighted by Gasteiger charge is 2.02. The van der Waals surface area contributed by atoms with Crippen LogP contribution in [0.1, 0.15) is 0 Å². The Morgan fingerprint density at radius 3 is 2.89 bits per heavy atom. The molecule has 0 aliphatic rings. The number of aromatic nitrogens is 3. The molecule has 3 aromatic rings. The SMILES string of the molecule is NNc1nccc(Nc2cccc3cnccc23)n1. The van der Waals surface area contributed by atoms with Gasteiger partial charge >= 0.3 is 0 Å². The molecule has 0 amide bonds. The molecule has 6 nitrogen and oxygen atoms in total. The predicted octanol–water partition coefficient (Wildman–Crippen LogP) is 2.05. The van der Waals surface area contributed by atoms with Crippen LogP contribution in [0.5, 0.6) is 0 Å². The number of hydrogen-bond acceptors (Lipinski definition) is 6. The quantitative estimate of drug-likeness (QED) is 0.488. The fourth-order valence-electron chi connectivity index (χ4n) is 1.87. The van der Waals surface area contributed by atoms with Gasteiger partial charge in [-0.25, -0.2) is 10.8 Å². The molecule has 0 aliphatic heterocycles. The molecule has 0 unspecified atom stereocenters. The van der Waals surface area contributed by atoms with Gasteiger partial charge in [0.2, 0.25) is 5.95 Å². The highest BCUT2D eigenvalue weighted by atomic mass is 15.3. The summed E-state index contributed by atoms with van der Waals surface area (Å²) in [4.78, 5) is 12.3. The fourth-order valence-corrected chi connectivity index (χ4v) is 1.87. The van der Waals surface area contributed by atoms with Gasteiger partial charge in [-0.15, -0.1) is 0 Å². The molecule has 0 atom stereocenters. The van der Waals surface area contributed by atoms with Crippen LogP contribution < -0.4 is 16.6 Å². The number of rotatable bonds is 3. The summed E-state index contributed by atoms with van der Waals surface area (Å²) in [5.74, 6) is 6.33. The highest BCUT2D eigenvalue weighted by Crippen LogP contribution is 2.24. The first-order chi connectivity index (χ1) is 9.36. The van der Waals surface area contributed by atoms with E-state index in [9.17, 15) is 0 Å². The molecule has 2 aromatic heterocycles. The molecule has 0 spiro atoms. The van der Waals surface area contributed by atoms with Crippen LogP contribution in [0, 0.1) is 0 Å². The first kappa shape index (κ1) is 11.4. The smallest absolute Gasteiger partial charge is 0.239 e. The summed E-state index contributed by atoms with van der Waals surface area (Å²) in [5, 5.41) is 5.40. The third-order valence-electron chi connectivity index (χ3n) is 2.73. The van der Waals surface area contributed by atoms with Gasteiger partial charge in [-0.3, -0.25) is 10.4 Å². The number of pyridine rings is 1. The number of benzene rings is 1. The first-order valence-corrected chi connectivity index (χ1v) is 5.76. The minimum atomic E-state index is 0.368. The lowest BCUT2D eigenvalue weighted by Gasteiger charge is -2.09. The van der Waals surface area contributed by atoms with E-state index in [1.165, 1.54) is 0 Å². The summed E-state index contributed by atoms with van der Waals surface area (Å²) in [7, 11) is 0. The molecule has 0 radical (unpaired) electrons. The summed E-state index contributed by atoms with van der Waals surface area (Å²) in [5.41, 5.74) is 3.38. The molecular weight excluding hydrogens is 240 g/mol. The van der Waals surface area contributed by atoms with Gasteiger partial charge in [0.25, 0.3) is 0 Å². The Hall–Kier alpha value is -2.73. The summed E-state index contributed by atoms with van der Waals surface area (Å²) >= 11 is 0. The average Bonchev–Trinajstić information content (AvgIpc) is 2.48. The lowest BCUT2D eigenvalue weighted by molar-refractivity contribution is 1.12. The van der Waals surface area contributed by atoms with Gasteiger partial charge in [0.1, 0.15) is 5.82 Å². The molecule has 0 fully saturated rings. The van der Waals surface area contributed by atoms with E-state index in [-0.39, 0.29) is 0 Å². The molecule has 3 rings (SSSR count). The number of fused-ring (bicyclic) bond motifs is 1. The van der Waals surface area contributed by atoms with Crippen LogP contribution in [0.25, 0.3) is 10.8 Å². The molecule has 0 saturated heterocycles. The number of nitrogens with one attached hydrogen (secondary N) is 2. The Kier molecular flexibility index (Phi) is 2.91. The maximum atomic E-state index is 5.29. The number of nitrogens with two attached hydrogens (primary N) is 1. The molecule has 6 heteroatoms. The predicted molar refractivity (Wildman–Crippen MR) is 74.9 cm³/mol. The molecule has 0 saturated carbocycles. The van der Waals surface area contributed by atoms with Crippen LogP contribution in [0.4, 0.5) is 17.5 Å². The van der Waals surface area contributed by atoms with Gasteiger partial charge in [-0.2, -0.15) is 4.98 Å². The minimum absolute atomic E-state index is 0.368. The summed E-state index contributed by atoms with van der Waals surface area (Å²) in [6, 6.07) is 9.71. The second-order valence-electron chi connectivity index (χ2n) is 3.94. The van der Waals surface area contributed by atoms with Crippen LogP contribution in [0.2, 0.25) is 0 Å². The summed E-state index contributed by atoms with van der Waals surface area (Å²) in [6.07, 6.45) is 5.23. The first-order valence-electron chi connectivity index (χ1n) is 5.76. The van der Waals surface area contributed by atoms with E-state index in [1.54, 1.807) is 18.5 Å². The van der Waals surface area contributed by atoms with E-state index in [4.69, 9.17) is 5.84 Å². The van der Waals surface area contributed by atoms with Crippen LogP contribution in [0.15, 0.2) is 48.9 Å². The van der Waals surface area contributed by atoms with E-state index in [2.05, 4.69) is 25.7 Å². The molecule has 4 N–H and O–H groups in total. The molecule has 0 aliphatic carbocycles. The van der Waals surface area contributed by atoms with E-state index in [1.807, 2.05) is 30.5 Å². The summed E-state index contributed by atoms with van der Waals surface area (Å²) in [6.45, 7) is 0. The van der Waals surface area contributed by atoms with Gasteiger partial charge in [-0.1, -0.05) is 12.1 Å². The zero-order valence-electron chi connectivity index (χ0n) is 10.0. The van der Waals surface area contributed by atoms with Crippen LogP contribution in [-0.2, 0) is 0 Å². The average molecular weight is 252 g/mol. The van der Waals surface area contributed by atoms with Crippen molar-refractivity contribution in [1.82, 2.24) is 15.0 Å². The third kappa shape index (κ3) is 2.29. The van der Waals surface area contributed by atoms with Crippen molar-refractivity contribution in [3.8, 4) is 0 Å². The van der Waals surface area contributed by atoms with Crippen molar-refractivity contribution in [2.45, 2.75) is 0 Å². The zero-order valence-corrected chi connectivity index (χ0v) is 10.0. The highest BCUT2D eigenvalue weighted by molar-refractivity contribution is 5.94. The zero-order chi connectivity index (χ0) is 13.1. The van der Waals surface area contributed by atoms with E-state index >= 15 is 0 Å². The van der Waals surface area contributed by atoms with Crippen molar-refractivity contribution < 1.29 is 0 Å². The Morgan fingerprint density at radius 1 is 1.05 bits per heavy atom. The fraction of sp³-hybridized carbons (Fsp3) is 0. The molecule has 2 heterocycles. The van der Waals surface area contributed by atoms with Crippen LogP contribution in [0.3, 0.4) is 0 Å². The molecular formula is C13H12N6. The standard InChI is InChI=1S/C13H12N6/c14-19-13-16-7-5-12(18-13)17-11-3-1-2-9-8-15-6-4-10(9)11/h1-8H,14H2,(H2,16,17,18,19). The lowest BCUT2D eigenvalue weighted by Crippen LogP contribution is -2.10. The third-order valence-corrected chi connectivity index (χ3v) is 2.73. The van der Waals surface area contributed by atoms with Gasteiger partial charge < -0.3 is 5.32 Å². The van der Waals surface area contributed by atoms with Gasteiger partial charge in [0, 0.05) is 35.1 Å². The van der Waals surface area contributed by atoms with Gasteiger partial charge in [0.05, 0.1) is 0 Å². The maximum Gasteiger partial charge on any atom is 0.239 e. The van der Waals surface area contributed by atoms with Gasteiger partial charge in [-0.05, 0) is 18.2 Å². The molecule has 94 valence electrons. The van der Waals surface area contributed by atoms with Crippen molar-refractivity contribution in [1.29, 1.82) is 0 Å². The number of nitrogens with zero attached hydrogens (tertiary/aromatic N) is 3. The van der Waals surface area contributed by atoms with Gasteiger partial charge in [0.15, 0.2) is 0 Å². The summed E-state index contributed by atoms with van der Waals surface area (Å²) < 4.78 is 0. The molecule has 19 heavy (non-hydrogen) atoms. The Balaban J connectivity index is 2.01. The second-order valence-corrected chi connectivity index (χ2v) is 3.94. The van der Waals surface area contributed by atoms with E-state index < -0.39 is 0 Å². The molecule has 1 aromatic carbocycles. The molecule has 0 bridgehead atoms. The number of hydrogen-bond donors (Lipinski definition) is 3. The van der Waals surface area contributed by atoms with Crippen molar-refractivity contribution in [3.63, 3.8) is 0 Å². The number of nitrogen functional groups attached to an aromatic ring is 1. The second kappa shape index (κ2) is 4.87. The maximum absolute atomic E-state index is 5.29. The Morgan fingerprint density at radius 2 is 2.00 bits per heavy atom. The largest absolute Gasteiger partial charge is 0.340 e.